The minimum Gasteiger partial charge on any atom is -0.337 e. The van der Waals surface area contributed by atoms with Crippen molar-refractivity contribution in [2.24, 2.45) is 47.3 Å². The summed E-state index contributed by atoms with van der Waals surface area (Å²) in [6.07, 6.45) is 13.9. The summed E-state index contributed by atoms with van der Waals surface area (Å²) in [5, 5.41) is 0. The maximum absolute atomic E-state index is 14.0. The van der Waals surface area contributed by atoms with Crippen LogP contribution in [-0.4, -0.2) is 93.3 Å². The van der Waals surface area contributed by atoms with E-state index in [2.05, 4.69) is 24.3 Å². The number of hydrogen-bond donors (Lipinski definition) is 0. The first kappa shape index (κ1) is 29.4. The highest BCUT2D eigenvalue weighted by Gasteiger charge is 2.62. The van der Waals surface area contributed by atoms with E-state index in [4.69, 9.17) is 0 Å². The number of likely N-dealkylation sites (tertiary alicyclic amines) is 2. The van der Waals surface area contributed by atoms with Crippen LogP contribution in [0.1, 0.15) is 65.2 Å². The second-order valence-corrected chi connectivity index (χ2v) is 14.1. The first-order valence-corrected chi connectivity index (χ1v) is 16.9. The van der Waals surface area contributed by atoms with Gasteiger partial charge in [0.15, 0.2) is 0 Å². The summed E-state index contributed by atoms with van der Waals surface area (Å²) in [4.78, 5) is 88.1. The number of imide groups is 2. The molecule has 4 bridgehead atoms. The Morgan fingerprint density at radius 3 is 1.16 bits per heavy atom. The molecule has 7 aliphatic rings. The number of fused-ring (bicyclic) bond motifs is 10. The summed E-state index contributed by atoms with van der Waals surface area (Å²) >= 11 is 0. The molecule has 0 aromatic rings. The molecule has 2 saturated carbocycles. The molecule has 3 saturated heterocycles. The minimum absolute atomic E-state index is 0.0870. The summed E-state index contributed by atoms with van der Waals surface area (Å²) in [6, 6.07) is -1.63. The van der Waals surface area contributed by atoms with Crippen LogP contribution in [0.5, 0.6) is 0 Å². The normalized spacial score (nSPS) is 36.2. The van der Waals surface area contributed by atoms with Crippen molar-refractivity contribution >= 4 is 35.4 Å². The first-order valence-electron chi connectivity index (χ1n) is 16.9. The topological polar surface area (TPSA) is 115 Å². The molecule has 0 spiro atoms. The highest BCUT2D eigenvalue weighted by atomic mass is 16.2. The highest BCUT2D eigenvalue weighted by molar-refractivity contribution is 6.10. The number of allylic oxidation sites excluding steroid dienone is 4. The number of nitrogens with zero attached hydrogens (tertiary/aromatic N) is 4. The molecule has 0 N–H and O–H groups in total. The lowest BCUT2D eigenvalue weighted by Crippen LogP contribution is -2.59. The Balaban J connectivity index is 1.03. The van der Waals surface area contributed by atoms with Crippen LogP contribution in [0.2, 0.25) is 0 Å². The van der Waals surface area contributed by atoms with Gasteiger partial charge < -0.3 is 9.80 Å². The van der Waals surface area contributed by atoms with Crippen LogP contribution in [0.25, 0.3) is 0 Å². The Morgan fingerprint density at radius 1 is 0.591 bits per heavy atom. The van der Waals surface area contributed by atoms with E-state index < -0.39 is 12.1 Å². The number of unbranched alkanes of at least 4 members (excludes halogenated alkanes) is 2. The Kier molecular flexibility index (Phi) is 7.52. The number of hydrogen-bond acceptors (Lipinski definition) is 6. The van der Waals surface area contributed by atoms with Crippen molar-refractivity contribution in [3.05, 3.63) is 24.3 Å². The number of amides is 6. The smallest absolute Gasteiger partial charge is 0.245 e. The van der Waals surface area contributed by atoms with Crippen LogP contribution in [0.15, 0.2) is 24.3 Å². The van der Waals surface area contributed by atoms with Crippen LogP contribution in [-0.2, 0) is 28.8 Å². The number of piperazine rings is 1. The molecule has 6 amide bonds. The molecule has 10 heteroatoms. The zero-order valence-electron chi connectivity index (χ0n) is 25.8. The van der Waals surface area contributed by atoms with Gasteiger partial charge >= 0.3 is 0 Å². The highest BCUT2D eigenvalue weighted by Crippen LogP contribution is 2.54. The molecule has 10 atom stereocenters. The Morgan fingerprint density at radius 2 is 0.886 bits per heavy atom. The number of carbonyl (C=O) groups is 6. The van der Waals surface area contributed by atoms with Crippen LogP contribution >= 0.6 is 0 Å². The molecule has 3 heterocycles. The van der Waals surface area contributed by atoms with Gasteiger partial charge in [-0.15, -0.1) is 0 Å². The van der Waals surface area contributed by atoms with Gasteiger partial charge in [-0.25, -0.2) is 0 Å². The zero-order chi connectivity index (χ0) is 30.9. The summed E-state index contributed by atoms with van der Waals surface area (Å²) in [7, 11) is 0. The van der Waals surface area contributed by atoms with Gasteiger partial charge in [-0.2, -0.15) is 0 Å². The minimum atomic E-state index is -0.817. The molecular formula is C34H44N4O6. The van der Waals surface area contributed by atoms with Crippen molar-refractivity contribution in [1.82, 2.24) is 19.6 Å². The molecule has 7 rings (SSSR count). The van der Waals surface area contributed by atoms with E-state index in [9.17, 15) is 28.8 Å². The molecule has 44 heavy (non-hydrogen) atoms. The molecule has 0 aromatic heterocycles. The molecule has 4 aliphatic carbocycles. The molecule has 0 radical (unpaired) electrons. The maximum atomic E-state index is 14.0. The fourth-order valence-electron chi connectivity index (χ4n) is 9.55. The lowest BCUT2D eigenvalue weighted by atomic mass is 9.85. The third-order valence-electron chi connectivity index (χ3n) is 11.8. The Hall–Kier alpha value is -3.30. The fraction of sp³-hybridized carbons (Fsp3) is 0.706. The van der Waals surface area contributed by atoms with Gasteiger partial charge in [0.2, 0.25) is 35.4 Å². The second kappa shape index (κ2) is 11.2. The van der Waals surface area contributed by atoms with Crippen molar-refractivity contribution in [3.8, 4) is 0 Å². The molecule has 10 nitrogen and oxygen atoms in total. The summed E-state index contributed by atoms with van der Waals surface area (Å²) < 4.78 is 0. The molecule has 3 aliphatic heterocycles. The van der Waals surface area contributed by atoms with E-state index in [1.54, 1.807) is 9.80 Å². The third kappa shape index (κ3) is 4.33. The van der Waals surface area contributed by atoms with Crippen molar-refractivity contribution in [1.29, 1.82) is 0 Å². The third-order valence-corrected chi connectivity index (χ3v) is 11.8. The predicted molar refractivity (Wildman–Crippen MR) is 159 cm³/mol. The van der Waals surface area contributed by atoms with Gasteiger partial charge in [-0.05, 0) is 49.4 Å². The number of rotatable bonds is 10. The maximum Gasteiger partial charge on any atom is 0.245 e. The van der Waals surface area contributed by atoms with Crippen molar-refractivity contribution in [2.45, 2.75) is 77.3 Å². The van der Waals surface area contributed by atoms with Gasteiger partial charge in [0.25, 0.3) is 0 Å². The first-order chi connectivity index (χ1) is 21.3. The SMILES string of the molecule is CCCC[C@H](C(=O)N1CCN(C(=O)[C@H](CCCC)N2C(=O)[C@@H]3[C@H](C2=O)[C@H]2C=C[C@H]3C2)CC1)N1C(=O)[C@@H]2[C@@H](C1=O)[C@H]1C=C[C@H]2C1. The largest absolute Gasteiger partial charge is 0.337 e. The lowest BCUT2D eigenvalue weighted by molar-refractivity contribution is -0.156. The van der Waals surface area contributed by atoms with Gasteiger partial charge in [0.1, 0.15) is 12.1 Å². The quantitative estimate of drug-likeness (QED) is 0.279. The average Bonchev–Trinajstić information content (AvgIpc) is 3.88. The van der Waals surface area contributed by atoms with Crippen LogP contribution in [0.4, 0.5) is 0 Å². The van der Waals surface area contributed by atoms with Gasteiger partial charge in [-0.1, -0.05) is 63.8 Å². The standard InChI is InChI=1S/C34H44N4O6/c1-3-5-7-23(37-31(41)25-19-9-10-20(17-19)26(25)32(37)42)29(39)35-13-15-36(16-14-35)30(40)24(8-6-4-2)38-33(43)27-21-11-12-22(18-21)28(27)34(38)44/h9-12,19-28H,3-8,13-18H2,1-2H3/t19-,20-,21-,22-,23-,24+,25-,26+,27-,28-/m0/s1. The van der Waals surface area contributed by atoms with Gasteiger partial charge in [0.05, 0.1) is 23.7 Å². The molecule has 0 aromatic carbocycles. The van der Waals surface area contributed by atoms with E-state index in [-0.39, 0.29) is 109 Å². The fourth-order valence-corrected chi connectivity index (χ4v) is 9.55. The van der Waals surface area contributed by atoms with E-state index in [1.165, 1.54) is 9.80 Å². The van der Waals surface area contributed by atoms with Crippen LogP contribution < -0.4 is 0 Å². The Labute approximate surface area is 258 Å². The number of carbonyl (C=O) groups excluding carboxylic acids is 6. The monoisotopic (exact) mass is 604 g/mol. The summed E-state index contributed by atoms with van der Waals surface area (Å²) in [5.74, 6) is -2.28. The van der Waals surface area contributed by atoms with Crippen molar-refractivity contribution in [3.63, 3.8) is 0 Å². The van der Waals surface area contributed by atoms with E-state index >= 15 is 0 Å². The molecular weight excluding hydrogens is 560 g/mol. The second-order valence-electron chi connectivity index (χ2n) is 14.1. The van der Waals surface area contributed by atoms with Gasteiger partial charge in [-0.3, -0.25) is 38.6 Å². The van der Waals surface area contributed by atoms with E-state index in [1.807, 2.05) is 13.8 Å². The van der Waals surface area contributed by atoms with Crippen molar-refractivity contribution < 1.29 is 28.8 Å². The average molecular weight is 605 g/mol. The summed E-state index contributed by atoms with van der Waals surface area (Å²) in [5.41, 5.74) is 0. The Bertz CT molecular complexity index is 1170. The zero-order valence-corrected chi connectivity index (χ0v) is 25.8. The lowest BCUT2D eigenvalue weighted by Gasteiger charge is -2.40. The van der Waals surface area contributed by atoms with Crippen LogP contribution in [0.3, 0.4) is 0 Å². The van der Waals surface area contributed by atoms with Gasteiger partial charge in [0, 0.05) is 26.2 Å². The molecule has 0 unspecified atom stereocenters. The molecule has 236 valence electrons. The van der Waals surface area contributed by atoms with E-state index in [0.717, 1.165) is 38.5 Å². The van der Waals surface area contributed by atoms with E-state index in [0.29, 0.717) is 12.8 Å². The summed E-state index contributed by atoms with van der Waals surface area (Å²) in [6.45, 7) is 5.18. The van der Waals surface area contributed by atoms with Crippen molar-refractivity contribution in [2.75, 3.05) is 26.2 Å². The predicted octanol–water partition coefficient (Wildman–Crippen LogP) is 2.39. The molecule has 5 fully saturated rings. The van der Waals surface area contributed by atoms with Crippen LogP contribution in [0, 0.1) is 47.3 Å².